The number of pyridine rings is 1. The van der Waals surface area contributed by atoms with Gasteiger partial charge in [0.2, 0.25) is 5.88 Å². The molecule has 4 rings (SSSR count). The number of aryl methyl sites for hydroxylation is 1. The van der Waals surface area contributed by atoms with Crippen LogP contribution in [0.3, 0.4) is 0 Å². The van der Waals surface area contributed by atoms with Crippen molar-refractivity contribution in [2.24, 2.45) is 11.8 Å². The summed E-state index contributed by atoms with van der Waals surface area (Å²) >= 11 is 0. The van der Waals surface area contributed by atoms with Crippen LogP contribution in [0.25, 0.3) is 0 Å². The van der Waals surface area contributed by atoms with E-state index in [-0.39, 0.29) is 23.3 Å². The highest BCUT2D eigenvalue weighted by atomic mass is 19.4. The van der Waals surface area contributed by atoms with Crippen LogP contribution in [0.2, 0.25) is 0 Å². The summed E-state index contributed by atoms with van der Waals surface area (Å²) in [5.74, 6) is 0.195. The molecule has 2 aliphatic rings. The van der Waals surface area contributed by atoms with Crippen molar-refractivity contribution in [1.82, 2.24) is 14.9 Å². The van der Waals surface area contributed by atoms with Gasteiger partial charge in [-0.1, -0.05) is 0 Å². The third-order valence-electron chi connectivity index (χ3n) is 5.78. The molecule has 0 aliphatic carbocycles. The molecule has 1 N–H and O–H groups in total. The second-order valence-electron chi connectivity index (χ2n) is 8.86. The lowest BCUT2D eigenvalue weighted by Gasteiger charge is -2.21. The molecule has 174 valence electrons. The number of hydrogen-bond donors (Lipinski definition) is 1. The summed E-state index contributed by atoms with van der Waals surface area (Å²) in [6.45, 7) is 5.73. The number of hydrogen-bond acceptors (Lipinski definition) is 7. The van der Waals surface area contributed by atoms with Crippen LogP contribution in [0.4, 0.5) is 19.2 Å². The minimum Gasteiger partial charge on any atom is -0.467 e. The zero-order valence-electron chi connectivity index (χ0n) is 18.0. The molecular weight excluding hydrogens is 429 g/mol. The number of ether oxygens (including phenoxy) is 1. The van der Waals surface area contributed by atoms with Gasteiger partial charge < -0.3 is 24.1 Å². The Morgan fingerprint density at radius 1 is 1.25 bits per heavy atom. The summed E-state index contributed by atoms with van der Waals surface area (Å²) in [4.78, 5) is 24.9. The van der Waals surface area contributed by atoms with Crippen molar-refractivity contribution in [3.63, 3.8) is 0 Å². The maximum atomic E-state index is 13.0. The number of oxazole rings is 1. The first-order chi connectivity index (χ1) is 14.9. The molecule has 0 radical (unpaired) electrons. The van der Waals surface area contributed by atoms with Gasteiger partial charge in [-0.3, -0.25) is 4.79 Å². The molecule has 2 unspecified atom stereocenters. The van der Waals surface area contributed by atoms with E-state index in [1.54, 1.807) is 25.7 Å². The van der Waals surface area contributed by atoms with Crippen molar-refractivity contribution in [1.29, 1.82) is 0 Å². The van der Waals surface area contributed by atoms with Gasteiger partial charge in [-0.2, -0.15) is 18.2 Å². The number of anilines is 1. The topological polar surface area (TPSA) is 91.9 Å². The Kier molecular flexibility index (Phi) is 5.56. The molecule has 11 heteroatoms. The van der Waals surface area contributed by atoms with Gasteiger partial charge in [0.15, 0.2) is 6.61 Å². The third kappa shape index (κ3) is 4.52. The van der Waals surface area contributed by atoms with Gasteiger partial charge in [0.1, 0.15) is 22.6 Å². The zero-order chi connectivity index (χ0) is 23.3. The number of alkyl halides is 3. The van der Waals surface area contributed by atoms with Crippen LogP contribution < -0.4 is 9.64 Å². The van der Waals surface area contributed by atoms with Crippen molar-refractivity contribution < 1.29 is 32.2 Å². The quantitative estimate of drug-likeness (QED) is 0.743. The molecule has 2 aliphatic heterocycles. The Balaban J connectivity index is 1.42. The third-order valence-corrected chi connectivity index (χ3v) is 5.78. The summed E-state index contributed by atoms with van der Waals surface area (Å²) in [5, 5.41) is 10.2. The Morgan fingerprint density at radius 3 is 2.47 bits per heavy atom. The lowest BCUT2D eigenvalue weighted by atomic mass is 10.0. The molecule has 2 fully saturated rings. The van der Waals surface area contributed by atoms with Gasteiger partial charge in [0, 0.05) is 44.2 Å². The van der Waals surface area contributed by atoms with Crippen molar-refractivity contribution in [2.75, 3.05) is 37.7 Å². The average molecular weight is 454 g/mol. The fourth-order valence-electron chi connectivity index (χ4n) is 4.39. The van der Waals surface area contributed by atoms with E-state index < -0.39 is 24.3 Å². The number of aliphatic hydroxyl groups is 1. The number of aromatic nitrogens is 2. The summed E-state index contributed by atoms with van der Waals surface area (Å²) in [7, 11) is 0. The number of carbonyl (C=O) groups excluding carboxylic acids is 1. The molecule has 0 saturated carbocycles. The van der Waals surface area contributed by atoms with Crippen molar-refractivity contribution >= 4 is 11.9 Å². The molecule has 0 bridgehead atoms. The van der Waals surface area contributed by atoms with E-state index >= 15 is 0 Å². The highest BCUT2D eigenvalue weighted by Gasteiger charge is 2.44. The molecule has 1 amide bonds. The summed E-state index contributed by atoms with van der Waals surface area (Å²) in [5.41, 5.74) is -0.601. The van der Waals surface area contributed by atoms with Gasteiger partial charge in [0.05, 0.1) is 0 Å². The van der Waals surface area contributed by atoms with Gasteiger partial charge in [-0.15, -0.1) is 0 Å². The fraction of sp³-hybridized carbons (Fsp3) is 0.571. The highest BCUT2D eigenvalue weighted by molar-refractivity contribution is 5.96. The standard InChI is InChI=1S/C21H25F3N4O4/c1-12-16(20(2,3)30)26-19(32-12)28-9-13-7-27(8-14(13)10-28)18(29)15-5-4-6-25-17(15)31-11-21(22,23)24/h4-6,13-14,30H,7-11H2,1-3H3. The van der Waals surface area contributed by atoms with Crippen LogP contribution in [-0.2, 0) is 5.60 Å². The molecule has 4 heterocycles. The van der Waals surface area contributed by atoms with Gasteiger partial charge in [-0.25, -0.2) is 4.98 Å². The molecule has 2 saturated heterocycles. The van der Waals surface area contributed by atoms with Gasteiger partial charge in [-0.05, 0) is 32.9 Å². The minimum atomic E-state index is -4.52. The van der Waals surface area contributed by atoms with E-state index in [9.17, 15) is 23.1 Å². The molecule has 2 aromatic rings. The van der Waals surface area contributed by atoms with Crippen molar-refractivity contribution in [3.8, 4) is 5.88 Å². The second kappa shape index (κ2) is 7.95. The first-order valence-corrected chi connectivity index (χ1v) is 10.3. The Morgan fingerprint density at radius 2 is 1.91 bits per heavy atom. The summed E-state index contributed by atoms with van der Waals surface area (Å²) in [6.07, 6.45) is -3.23. The number of amides is 1. The maximum absolute atomic E-state index is 13.0. The number of fused-ring (bicyclic) bond motifs is 1. The normalized spacial score (nSPS) is 21.2. The molecule has 8 nitrogen and oxygen atoms in total. The fourth-order valence-corrected chi connectivity index (χ4v) is 4.39. The molecule has 0 aromatic carbocycles. The average Bonchev–Trinajstić information content (AvgIpc) is 3.37. The molecular formula is C21H25F3N4O4. The van der Waals surface area contributed by atoms with E-state index in [1.807, 2.05) is 4.90 Å². The zero-order valence-corrected chi connectivity index (χ0v) is 18.0. The number of likely N-dealkylation sites (tertiary alicyclic amines) is 1. The molecule has 32 heavy (non-hydrogen) atoms. The monoisotopic (exact) mass is 454 g/mol. The Hall–Kier alpha value is -2.82. The van der Waals surface area contributed by atoms with Crippen LogP contribution in [-0.4, -0.2) is 64.8 Å². The van der Waals surface area contributed by atoms with Crippen LogP contribution in [0.5, 0.6) is 5.88 Å². The number of rotatable bonds is 5. The number of carbonyl (C=O) groups is 1. The highest BCUT2D eigenvalue weighted by Crippen LogP contribution is 2.36. The van der Waals surface area contributed by atoms with E-state index in [1.165, 1.54) is 18.3 Å². The van der Waals surface area contributed by atoms with Crippen LogP contribution in [0, 0.1) is 18.8 Å². The Labute approximate surface area is 183 Å². The predicted molar refractivity (Wildman–Crippen MR) is 107 cm³/mol. The SMILES string of the molecule is Cc1oc(N2CC3CN(C(=O)c4cccnc4OCC(F)(F)F)CC3C2)nc1C(C)(C)O. The summed E-state index contributed by atoms with van der Waals surface area (Å²) < 4.78 is 48.1. The van der Waals surface area contributed by atoms with E-state index in [0.29, 0.717) is 43.6 Å². The first kappa shape index (κ1) is 22.4. The van der Waals surface area contributed by atoms with Gasteiger partial charge >= 0.3 is 6.18 Å². The lowest BCUT2D eigenvalue weighted by molar-refractivity contribution is -0.154. The molecule has 0 spiro atoms. The van der Waals surface area contributed by atoms with Crippen molar-refractivity contribution in [2.45, 2.75) is 32.5 Å². The second-order valence-corrected chi connectivity index (χ2v) is 8.86. The minimum absolute atomic E-state index is 0.0201. The van der Waals surface area contributed by atoms with Crippen LogP contribution >= 0.6 is 0 Å². The first-order valence-electron chi connectivity index (χ1n) is 10.3. The number of halogens is 3. The molecule has 2 aromatic heterocycles. The van der Waals surface area contributed by atoms with Crippen LogP contribution in [0.1, 0.15) is 35.7 Å². The smallest absolute Gasteiger partial charge is 0.422 e. The largest absolute Gasteiger partial charge is 0.467 e. The van der Waals surface area contributed by atoms with Gasteiger partial charge in [0.25, 0.3) is 11.9 Å². The van der Waals surface area contributed by atoms with Crippen molar-refractivity contribution in [3.05, 3.63) is 35.3 Å². The predicted octanol–water partition coefficient (Wildman–Crippen LogP) is 2.75. The van der Waals surface area contributed by atoms with E-state index in [4.69, 9.17) is 9.15 Å². The molecule has 2 atom stereocenters. The van der Waals surface area contributed by atoms with E-state index in [0.717, 1.165) is 0 Å². The Bertz CT molecular complexity index is 988. The number of nitrogens with zero attached hydrogens (tertiary/aromatic N) is 4. The van der Waals surface area contributed by atoms with Crippen LogP contribution in [0.15, 0.2) is 22.7 Å². The van der Waals surface area contributed by atoms with E-state index in [2.05, 4.69) is 9.97 Å². The summed E-state index contributed by atoms with van der Waals surface area (Å²) in [6, 6.07) is 3.37. The lowest BCUT2D eigenvalue weighted by Crippen LogP contribution is -2.34. The maximum Gasteiger partial charge on any atom is 0.422 e.